The molecule has 0 heterocycles. The van der Waals surface area contributed by atoms with Crippen LogP contribution in [0.5, 0.6) is 0 Å². The molecule has 1 aromatic carbocycles. The van der Waals surface area contributed by atoms with Crippen LogP contribution in [0.4, 0.5) is 8.78 Å². The van der Waals surface area contributed by atoms with Crippen molar-refractivity contribution in [1.29, 1.82) is 0 Å². The first kappa shape index (κ1) is 14.6. The minimum atomic E-state index is -0.516. The standard InChI is InChI=1S/C13H18BrF2N/c1-5-17-12(13(2,3)4)11-9(15)6-8(14)7-10(11)16/h6-7,12,17H,5H2,1-4H3. The first-order chi connectivity index (χ1) is 7.77. The molecule has 0 aliphatic heterocycles. The summed E-state index contributed by atoms with van der Waals surface area (Å²) >= 11 is 3.09. The molecule has 1 atom stereocenters. The van der Waals surface area contributed by atoms with Gasteiger partial charge in [-0.3, -0.25) is 0 Å². The quantitative estimate of drug-likeness (QED) is 0.871. The maximum Gasteiger partial charge on any atom is 0.132 e. The van der Waals surface area contributed by atoms with Gasteiger partial charge in [0.05, 0.1) is 0 Å². The van der Waals surface area contributed by atoms with Crippen molar-refractivity contribution in [3.8, 4) is 0 Å². The van der Waals surface area contributed by atoms with Gasteiger partial charge >= 0.3 is 0 Å². The van der Waals surface area contributed by atoms with E-state index in [1.54, 1.807) is 0 Å². The summed E-state index contributed by atoms with van der Waals surface area (Å²) in [6.45, 7) is 8.47. The second-order valence-corrected chi connectivity index (χ2v) is 6.06. The minimum absolute atomic E-state index is 0.113. The molecular weight excluding hydrogens is 288 g/mol. The van der Waals surface area contributed by atoms with Crippen molar-refractivity contribution >= 4 is 15.9 Å². The average Bonchev–Trinajstić information content (AvgIpc) is 2.13. The van der Waals surface area contributed by atoms with Crippen LogP contribution in [-0.2, 0) is 0 Å². The van der Waals surface area contributed by atoms with Crippen LogP contribution in [0.15, 0.2) is 16.6 Å². The maximum atomic E-state index is 13.9. The van der Waals surface area contributed by atoms with Gasteiger partial charge < -0.3 is 5.32 Å². The molecule has 17 heavy (non-hydrogen) atoms. The van der Waals surface area contributed by atoms with Crippen LogP contribution < -0.4 is 5.32 Å². The SMILES string of the molecule is CCNC(c1c(F)cc(Br)cc1F)C(C)(C)C. The van der Waals surface area contributed by atoms with Gasteiger partial charge in [-0.25, -0.2) is 8.78 Å². The van der Waals surface area contributed by atoms with Crippen LogP contribution in [-0.4, -0.2) is 6.54 Å². The highest BCUT2D eigenvalue weighted by Gasteiger charge is 2.30. The number of halogens is 3. The maximum absolute atomic E-state index is 13.9. The number of benzene rings is 1. The van der Waals surface area contributed by atoms with E-state index >= 15 is 0 Å². The van der Waals surface area contributed by atoms with Crippen LogP contribution in [0, 0.1) is 17.0 Å². The number of nitrogens with one attached hydrogen (secondary N) is 1. The fourth-order valence-electron chi connectivity index (χ4n) is 1.87. The summed E-state index contributed by atoms with van der Waals surface area (Å²) in [5.41, 5.74) is -0.145. The van der Waals surface area contributed by atoms with E-state index in [-0.39, 0.29) is 17.0 Å². The lowest BCUT2D eigenvalue weighted by Gasteiger charge is -2.32. The van der Waals surface area contributed by atoms with Crippen molar-refractivity contribution in [3.63, 3.8) is 0 Å². The van der Waals surface area contributed by atoms with Crippen molar-refractivity contribution in [2.45, 2.75) is 33.7 Å². The van der Waals surface area contributed by atoms with Crippen LogP contribution >= 0.6 is 15.9 Å². The molecule has 0 radical (unpaired) electrons. The number of hydrogen-bond donors (Lipinski definition) is 1. The zero-order valence-corrected chi connectivity index (χ0v) is 12.2. The highest BCUT2D eigenvalue weighted by Crippen LogP contribution is 2.36. The molecule has 0 saturated heterocycles. The minimum Gasteiger partial charge on any atom is -0.310 e. The Kier molecular flexibility index (Phi) is 4.67. The Morgan fingerprint density at radius 1 is 1.24 bits per heavy atom. The van der Waals surface area contributed by atoms with Gasteiger partial charge in [0.1, 0.15) is 11.6 Å². The van der Waals surface area contributed by atoms with Gasteiger partial charge in [-0.05, 0) is 24.1 Å². The summed E-state index contributed by atoms with van der Waals surface area (Å²) in [6, 6.07) is 2.25. The Balaban J connectivity index is 3.28. The monoisotopic (exact) mass is 305 g/mol. The average molecular weight is 306 g/mol. The molecule has 0 aromatic heterocycles. The van der Waals surface area contributed by atoms with Gasteiger partial charge in [0, 0.05) is 16.1 Å². The lowest BCUT2D eigenvalue weighted by molar-refractivity contribution is 0.263. The Bertz CT molecular complexity index is 376. The molecule has 0 fully saturated rings. The van der Waals surface area contributed by atoms with Crippen LogP contribution in [0.3, 0.4) is 0 Å². The molecule has 4 heteroatoms. The van der Waals surface area contributed by atoms with Gasteiger partial charge in [-0.1, -0.05) is 43.6 Å². The highest BCUT2D eigenvalue weighted by molar-refractivity contribution is 9.10. The Labute approximate surface area is 110 Å². The summed E-state index contributed by atoms with van der Waals surface area (Å²) in [7, 11) is 0. The van der Waals surface area contributed by atoms with Crippen LogP contribution in [0.2, 0.25) is 0 Å². The zero-order valence-electron chi connectivity index (χ0n) is 10.6. The molecule has 1 nitrogen and oxygen atoms in total. The van der Waals surface area contributed by atoms with E-state index in [9.17, 15) is 8.78 Å². The topological polar surface area (TPSA) is 12.0 Å². The Morgan fingerprint density at radius 2 is 1.71 bits per heavy atom. The number of hydrogen-bond acceptors (Lipinski definition) is 1. The fraction of sp³-hybridized carbons (Fsp3) is 0.538. The van der Waals surface area contributed by atoms with E-state index < -0.39 is 11.6 Å². The molecule has 0 saturated carbocycles. The molecule has 1 N–H and O–H groups in total. The van der Waals surface area contributed by atoms with Crippen molar-refractivity contribution in [1.82, 2.24) is 5.32 Å². The highest BCUT2D eigenvalue weighted by atomic mass is 79.9. The first-order valence-electron chi connectivity index (χ1n) is 5.65. The van der Waals surface area contributed by atoms with Gasteiger partial charge in [0.15, 0.2) is 0 Å². The molecule has 1 rings (SSSR count). The third-order valence-electron chi connectivity index (χ3n) is 2.61. The molecular formula is C13H18BrF2N. The molecule has 1 aromatic rings. The van der Waals surface area contributed by atoms with Crippen molar-refractivity contribution in [2.75, 3.05) is 6.54 Å². The van der Waals surface area contributed by atoms with Gasteiger partial charge in [-0.15, -0.1) is 0 Å². The largest absolute Gasteiger partial charge is 0.310 e. The predicted molar refractivity (Wildman–Crippen MR) is 69.9 cm³/mol. The lowest BCUT2D eigenvalue weighted by Crippen LogP contribution is -2.33. The van der Waals surface area contributed by atoms with Crippen LogP contribution in [0.1, 0.15) is 39.3 Å². The second-order valence-electron chi connectivity index (χ2n) is 5.14. The summed E-state index contributed by atoms with van der Waals surface area (Å²) in [4.78, 5) is 0. The van der Waals surface area contributed by atoms with E-state index in [1.807, 2.05) is 27.7 Å². The number of rotatable bonds is 3. The molecule has 0 aliphatic carbocycles. The van der Waals surface area contributed by atoms with E-state index in [4.69, 9.17) is 0 Å². The second kappa shape index (κ2) is 5.44. The third-order valence-corrected chi connectivity index (χ3v) is 3.06. The van der Waals surface area contributed by atoms with E-state index in [0.29, 0.717) is 11.0 Å². The van der Waals surface area contributed by atoms with E-state index in [2.05, 4.69) is 21.2 Å². The Hall–Kier alpha value is -0.480. The van der Waals surface area contributed by atoms with E-state index in [0.717, 1.165) is 0 Å². The van der Waals surface area contributed by atoms with E-state index in [1.165, 1.54) is 12.1 Å². The smallest absolute Gasteiger partial charge is 0.132 e. The van der Waals surface area contributed by atoms with Gasteiger partial charge in [-0.2, -0.15) is 0 Å². The van der Waals surface area contributed by atoms with Crippen LogP contribution in [0.25, 0.3) is 0 Å². The molecule has 0 bridgehead atoms. The zero-order chi connectivity index (χ0) is 13.2. The molecule has 1 unspecified atom stereocenters. The molecule has 0 aliphatic rings. The summed E-state index contributed by atoms with van der Waals surface area (Å²) in [5, 5.41) is 3.14. The van der Waals surface area contributed by atoms with Gasteiger partial charge in [0.25, 0.3) is 0 Å². The first-order valence-corrected chi connectivity index (χ1v) is 6.44. The van der Waals surface area contributed by atoms with Crippen molar-refractivity contribution in [3.05, 3.63) is 33.8 Å². The van der Waals surface area contributed by atoms with Crippen molar-refractivity contribution in [2.24, 2.45) is 5.41 Å². The summed E-state index contributed by atoms with van der Waals surface area (Å²) < 4.78 is 28.2. The fourth-order valence-corrected chi connectivity index (χ4v) is 2.28. The molecule has 0 spiro atoms. The summed E-state index contributed by atoms with van der Waals surface area (Å²) in [5.74, 6) is -1.03. The van der Waals surface area contributed by atoms with Crippen molar-refractivity contribution < 1.29 is 8.78 Å². The normalized spacial score (nSPS) is 13.8. The summed E-state index contributed by atoms with van der Waals surface area (Å²) in [6.07, 6.45) is 0. The predicted octanol–water partition coefficient (Wildman–Crippen LogP) is 4.42. The Morgan fingerprint density at radius 3 is 2.06 bits per heavy atom. The lowest BCUT2D eigenvalue weighted by atomic mass is 9.82. The third kappa shape index (κ3) is 3.49. The van der Waals surface area contributed by atoms with Gasteiger partial charge in [0.2, 0.25) is 0 Å². The molecule has 96 valence electrons. The molecule has 0 amide bonds.